The Labute approximate surface area is 155 Å². The summed E-state index contributed by atoms with van der Waals surface area (Å²) in [7, 11) is -3.30. The van der Waals surface area contributed by atoms with Crippen molar-refractivity contribution in [2.75, 3.05) is 30.7 Å². The Hall–Kier alpha value is -1.64. The maximum atomic E-state index is 12.7. The number of aryl methyl sites for hydroxylation is 1. The van der Waals surface area contributed by atoms with Crippen LogP contribution in [0.2, 0.25) is 0 Å². The highest BCUT2D eigenvalue weighted by molar-refractivity contribution is 7.89. The number of hydrogen-bond acceptors (Lipinski definition) is 5. The summed E-state index contributed by atoms with van der Waals surface area (Å²) in [5.41, 5.74) is 8.76. The van der Waals surface area contributed by atoms with Crippen LogP contribution in [0.4, 0.5) is 5.69 Å². The Kier molecular flexibility index (Phi) is 5.84. The quantitative estimate of drug-likeness (QED) is 0.670. The molecule has 0 aliphatic carbocycles. The highest BCUT2D eigenvalue weighted by atomic mass is 32.2. The Balaban J connectivity index is 1.58. The van der Waals surface area contributed by atoms with Gasteiger partial charge in [0.2, 0.25) is 15.9 Å². The molecule has 2 heterocycles. The van der Waals surface area contributed by atoms with Gasteiger partial charge in [0.05, 0.1) is 5.75 Å². The number of piperidine rings is 1. The molecular formula is C18H28N4O3S. The van der Waals surface area contributed by atoms with Gasteiger partial charge in [-0.15, -0.1) is 0 Å². The van der Waals surface area contributed by atoms with E-state index in [0.717, 1.165) is 29.7 Å². The molecule has 26 heavy (non-hydrogen) atoms. The van der Waals surface area contributed by atoms with Gasteiger partial charge in [-0.1, -0.05) is 18.2 Å². The van der Waals surface area contributed by atoms with Crippen LogP contribution in [0.15, 0.2) is 18.2 Å². The van der Waals surface area contributed by atoms with Crippen molar-refractivity contribution in [2.24, 2.45) is 5.73 Å². The Bertz CT molecular complexity index is 766. The standard InChI is InChI=1S/C18H28N4O3S/c1-13-5-2-6-14-11-16(21-17(13)14)18(23)20-15-7-3-9-22(12-15)26(24,25)10-4-8-19/h2,5-6,15-16,21H,3-4,7-12,19H2,1H3,(H,20,23). The molecule has 7 nitrogen and oxygen atoms in total. The molecule has 0 bridgehead atoms. The fourth-order valence-corrected chi connectivity index (χ4v) is 5.32. The van der Waals surface area contributed by atoms with Crippen LogP contribution >= 0.6 is 0 Å². The molecule has 8 heteroatoms. The Morgan fingerprint density at radius 2 is 2.23 bits per heavy atom. The van der Waals surface area contributed by atoms with Crippen LogP contribution in [-0.4, -0.2) is 56.1 Å². The maximum absolute atomic E-state index is 12.7. The van der Waals surface area contributed by atoms with Crippen LogP contribution in [0.25, 0.3) is 0 Å². The monoisotopic (exact) mass is 380 g/mol. The second kappa shape index (κ2) is 7.94. The molecule has 2 unspecified atom stereocenters. The van der Waals surface area contributed by atoms with E-state index >= 15 is 0 Å². The maximum Gasteiger partial charge on any atom is 0.243 e. The van der Waals surface area contributed by atoms with Crippen LogP contribution in [-0.2, 0) is 21.2 Å². The average molecular weight is 381 g/mol. The van der Waals surface area contributed by atoms with Crippen LogP contribution in [0.5, 0.6) is 0 Å². The summed E-state index contributed by atoms with van der Waals surface area (Å²) < 4.78 is 26.2. The average Bonchev–Trinajstić information content (AvgIpc) is 3.06. The molecule has 1 aromatic carbocycles. The van der Waals surface area contributed by atoms with Gasteiger partial charge in [0, 0.05) is 31.2 Å². The van der Waals surface area contributed by atoms with E-state index in [-0.39, 0.29) is 23.7 Å². The molecule has 2 aliphatic heterocycles. The van der Waals surface area contributed by atoms with E-state index in [4.69, 9.17) is 5.73 Å². The van der Waals surface area contributed by atoms with E-state index in [1.54, 1.807) is 0 Å². The van der Waals surface area contributed by atoms with Crippen molar-refractivity contribution in [2.45, 2.75) is 44.7 Å². The van der Waals surface area contributed by atoms with E-state index in [2.05, 4.69) is 10.6 Å². The van der Waals surface area contributed by atoms with Crippen molar-refractivity contribution >= 4 is 21.6 Å². The molecule has 144 valence electrons. The smallest absolute Gasteiger partial charge is 0.243 e. The number of para-hydroxylation sites is 1. The molecule has 0 saturated carbocycles. The molecule has 2 aliphatic rings. The van der Waals surface area contributed by atoms with Gasteiger partial charge in [0.25, 0.3) is 0 Å². The van der Waals surface area contributed by atoms with Crippen molar-refractivity contribution in [3.05, 3.63) is 29.3 Å². The van der Waals surface area contributed by atoms with Crippen LogP contribution in [0.1, 0.15) is 30.4 Å². The number of nitrogens with zero attached hydrogens (tertiary/aromatic N) is 1. The fraction of sp³-hybridized carbons (Fsp3) is 0.611. The number of nitrogens with two attached hydrogens (primary N) is 1. The molecular weight excluding hydrogens is 352 g/mol. The first-order valence-corrected chi connectivity index (χ1v) is 10.8. The number of carbonyl (C=O) groups excluding carboxylic acids is 1. The molecule has 1 saturated heterocycles. The lowest BCUT2D eigenvalue weighted by molar-refractivity contribution is -0.122. The number of benzene rings is 1. The molecule has 0 spiro atoms. The number of nitrogens with one attached hydrogen (secondary N) is 2. The number of amides is 1. The normalized spacial score (nSPS) is 23.3. The summed E-state index contributed by atoms with van der Waals surface area (Å²) in [6.45, 7) is 3.25. The zero-order valence-corrected chi connectivity index (χ0v) is 16.0. The number of carbonyl (C=O) groups is 1. The van der Waals surface area contributed by atoms with Gasteiger partial charge in [0.15, 0.2) is 0 Å². The highest BCUT2D eigenvalue weighted by Crippen LogP contribution is 2.29. The molecule has 0 aromatic heterocycles. The Morgan fingerprint density at radius 1 is 1.42 bits per heavy atom. The number of rotatable bonds is 6. The topological polar surface area (TPSA) is 105 Å². The largest absolute Gasteiger partial charge is 0.373 e. The van der Waals surface area contributed by atoms with Gasteiger partial charge in [-0.25, -0.2) is 8.42 Å². The number of anilines is 1. The summed E-state index contributed by atoms with van der Waals surface area (Å²) in [5.74, 6) is 0.00921. The van der Waals surface area contributed by atoms with Gasteiger partial charge >= 0.3 is 0 Å². The van der Waals surface area contributed by atoms with Crippen molar-refractivity contribution in [1.29, 1.82) is 0 Å². The molecule has 3 rings (SSSR count). The molecule has 0 radical (unpaired) electrons. The lowest BCUT2D eigenvalue weighted by atomic mass is 10.1. The molecule has 1 aromatic rings. The minimum Gasteiger partial charge on any atom is -0.373 e. The third-order valence-electron chi connectivity index (χ3n) is 5.15. The van der Waals surface area contributed by atoms with Gasteiger partial charge in [-0.2, -0.15) is 4.31 Å². The van der Waals surface area contributed by atoms with Crippen LogP contribution < -0.4 is 16.4 Å². The van der Waals surface area contributed by atoms with Crippen LogP contribution in [0, 0.1) is 6.92 Å². The van der Waals surface area contributed by atoms with E-state index in [0.29, 0.717) is 32.5 Å². The number of fused-ring (bicyclic) bond motifs is 1. The van der Waals surface area contributed by atoms with E-state index in [1.165, 1.54) is 4.31 Å². The molecule has 1 fully saturated rings. The van der Waals surface area contributed by atoms with Crippen molar-refractivity contribution in [3.8, 4) is 0 Å². The summed E-state index contributed by atoms with van der Waals surface area (Å²) >= 11 is 0. The van der Waals surface area contributed by atoms with Crippen molar-refractivity contribution in [3.63, 3.8) is 0 Å². The summed E-state index contributed by atoms with van der Waals surface area (Å²) in [6.07, 6.45) is 2.67. The van der Waals surface area contributed by atoms with Gasteiger partial charge in [0.1, 0.15) is 6.04 Å². The lowest BCUT2D eigenvalue weighted by Gasteiger charge is -2.33. The first kappa shape index (κ1) is 19.1. The third-order valence-corrected chi connectivity index (χ3v) is 7.07. The second-order valence-electron chi connectivity index (χ2n) is 7.17. The lowest BCUT2D eigenvalue weighted by Crippen LogP contribution is -2.52. The number of sulfonamides is 1. The zero-order chi connectivity index (χ0) is 18.7. The Morgan fingerprint density at radius 3 is 2.96 bits per heavy atom. The van der Waals surface area contributed by atoms with E-state index in [9.17, 15) is 13.2 Å². The summed E-state index contributed by atoms with van der Waals surface area (Å²) in [4.78, 5) is 12.7. The van der Waals surface area contributed by atoms with Crippen molar-refractivity contribution < 1.29 is 13.2 Å². The summed E-state index contributed by atoms with van der Waals surface area (Å²) in [6, 6.07) is 5.62. The van der Waals surface area contributed by atoms with E-state index in [1.807, 2.05) is 25.1 Å². The van der Waals surface area contributed by atoms with Gasteiger partial charge in [-0.3, -0.25) is 4.79 Å². The van der Waals surface area contributed by atoms with E-state index < -0.39 is 10.0 Å². The molecule has 4 N–H and O–H groups in total. The predicted molar refractivity (Wildman–Crippen MR) is 102 cm³/mol. The molecule has 1 amide bonds. The summed E-state index contributed by atoms with van der Waals surface area (Å²) in [5, 5.41) is 6.34. The fourth-order valence-electron chi connectivity index (χ4n) is 3.72. The predicted octanol–water partition coefficient (Wildman–Crippen LogP) is 0.591. The van der Waals surface area contributed by atoms with Crippen LogP contribution in [0.3, 0.4) is 0 Å². The second-order valence-corrected chi connectivity index (χ2v) is 9.26. The first-order valence-electron chi connectivity index (χ1n) is 9.24. The van der Waals surface area contributed by atoms with Gasteiger partial charge in [-0.05, 0) is 43.9 Å². The SMILES string of the molecule is Cc1cccc2c1NC(C(=O)NC1CCCN(S(=O)(=O)CCCN)C1)C2. The zero-order valence-electron chi connectivity index (χ0n) is 15.2. The minimum atomic E-state index is -3.30. The highest BCUT2D eigenvalue weighted by Gasteiger charge is 2.32. The molecule has 2 atom stereocenters. The minimum absolute atomic E-state index is 0.0631. The first-order chi connectivity index (χ1) is 12.4. The van der Waals surface area contributed by atoms with Gasteiger partial charge < -0.3 is 16.4 Å². The number of hydrogen-bond donors (Lipinski definition) is 3. The van der Waals surface area contributed by atoms with Crippen molar-refractivity contribution in [1.82, 2.24) is 9.62 Å². The third kappa shape index (κ3) is 4.19.